The lowest BCUT2D eigenvalue weighted by atomic mass is 9.91. The van der Waals surface area contributed by atoms with Gasteiger partial charge < -0.3 is 11.1 Å². The van der Waals surface area contributed by atoms with E-state index >= 15 is 0 Å². The molecule has 3 rings (SSSR count). The van der Waals surface area contributed by atoms with Crippen LogP contribution in [-0.2, 0) is 10.0 Å². The highest BCUT2D eigenvalue weighted by Gasteiger charge is 2.22. The van der Waals surface area contributed by atoms with E-state index in [0.717, 1.165) is 31.2 Å². The number of benzene rings is 2. The first-order valence-electron chi connectivity index (χ1n) is 9.09. The Morgan fingerprint density at radius 2 is 1.71 bits per heavy atom. The Balaban J connectivity index is 0.00000280. The van der Waals surface area contributed by atoms with Crippen LogP contribution in [0.1, 0.15) is 41.6 Å². The zero-order chi connectivity index (χ0) is 19.4. The van der Waals surface area contributed by atoms with Crippen molar-refractivity contribution in [1.29, 1.82) is 0 Å². The average Bonchev–Trinajstić information content (AvgIpc) is 2.63. The van der Waals surface area contributed by atoms with Crippen molar-refractivity contribution in [2.75, 3.05) is 4.72 Å². The number of amides is 1. The lowest BCUT2D eigenvalue weighted by Gasteiger charge is -2.26. The first-order valence-corrected chi connectivity index (χ1v) is 10.6. The fourth-order valence-corrected chi connectivity index (χ4v) is 4.35. The molecule has 2 aromatic rings. The average molecular weight is 424 g/mol. The minimum absolute atomic E-state index is 0. The molecular weight excluding hydrogens is 398 g/mol. The molecule has 1 amide bonds. The summed E-state index contributed by atoms with van der Waals surface area (Å²) in [7, 11) is -3.77. The third-order valence-electron chi connectivity index (χ3n) is 4.78. The molecule has 4 N–H and O–H groups in total. The number of sulfonamides is 1. The zero-order valence-electron chi connectivity index (χ0n) is 15.7. The van der Waals surface area contributed by atoms with Gasteiger partial charge in [0.15, 0.2) is 0 Å². The summed E-state index contributed by atoms with van der Waals surface area (Å²) in [4.78, 5) is 12.6. The summed E-state index contributed by atoms with van der Waals surface area (Å²) >= 11 is 0. The molecule has 0 bridgehead atoms. The van der Waals surface area contributed by atoms with E-state index in [1.807, 2.05) is 13.0 Å². The number of rotatable bonds is 5. The van der Waals surface area contributed by atoms with Crippen molar-refractivity contribution in [1.82, 2.24) is 5.32 Å². The molecule has 1 saturated carbocycles. The van der Waals surface area contributed by atoms with Crippen molar-refractivity contribution >= 4 is 34.0 Å². The van der Waals surface area contributed by atoms with Crippen molar-refractivity contribution < 1.29 is 13.2 Å². The Bertz CT molecular complexity index is 926. The van der Waals surface area contributed by atoms with E-state index in [-0.39, 0.29) is 35.3 Å². The summed E-state index contributed by atoms with van der Waals surface area (Å²) in [5, 5.41) is 2.98. The van der Waals surface area contributed by atoms with Crippen LogP contribution in [0.25, 0.3) is 0 Å². The van der Waals surface area contributed by atoms with Gasteiger partial charge in [0.05, 0.1) is 4.90 Å². The molecule has 8 heteroatoms. The number of carbonyl (C=O) groups excluding carboxylic acids is 1. The van der Waals surface area contributed by atoms with Gasteiger partial charge in [-0.3, -0.25) is 9.52 Å². The topological polar surface area (TPSA) is 101 Å². The summed E-state index contributed by atoms with van der Waals surface area (Å²) in [6.45, 7) is 1.89. The largest absolute Gasteiger partial charge is 0.349 e. The van der Waals surface area contributed by atoms with Gasteiger partial charge in [-0.1, -0.05) is 18.2 Å². The minimum Gasteiger partial charge on any atom is -0.349 e. The van der Waals surface area contributed by atoms with Gasteiger partial charge in [-0.2, -0.15) is 0 Å². The van der Waals surface area contributed by atoms with Crippen LogP contribution in [-0.4, -0.2) is 26.4 Å². The molecule has 6 nitrogen and oxygen atoms in total. The van der Waals surface area contributed by atoms with Gasteiger partial charge in [0.2, 0.25) is 0 Å². The molecule has 0 unspecified atom stereocenters. The first-order chi connectivity index (χ1) is 12.8. The number of nitrogens with two attached hydrogens (primary N) is 1. The SMILES string of the molecule is Cc1cccc(NS(=O)(=O)c2cccc(C(=O)NC3CCC(N)CC3)c2)c1.Cl. The molecule has 0 aromatic heterocycles. The molecule has 152 valence electrons. The number of hydrogen-bond acceptors (Lipinski definition) is 4. The van der Waals surface area contributed by atoms with Crippen LogP contribution in [0.2, 0.25) is 0 Å². The van der Waals surface area contributed by atoms with Gasteiger partial charge in [-0.15, -0.1) is 12.4 Å². The molecule has 0 atom stereocenters. The summed E-state index contributed by atoms with van der Waals surface area (Å²) in [5.41, 5.74) is 7.67. The Morgan fingerprint density at radius 3 is 2.39 bits per heavy atom. The van der Waals surface area contributed by atoms with Gasteiger partial charge >= 0.3 is 0 Å². The Labute approximate surface area is 172 Å². The lowest BCUT2D eigenvalue weighted by Crippen LogP contribution is -2.40. The Hall–Kier alpha value is -2.09. The first kappa shape index (κ1) is 22.2. The summed E-state index contributed by atoms with van der Waals surface area (Å²) < 4.78 is 27.9. The van der Waals surface area contributed by atoms with Crippen LogP contribution >= 0.6 is 12.4 Å². The van der Waals surface area contributed by atoms with Crippen molar-refractivity contribution in [3.8, 4) is 0 Å². The number of nitrogens with one attached hydrogen (secondary N) is 2. The van der Waals surface area contributed by atoms with Crippen LogP contribution in [0.4, 0.5) is 5.69 Å². The lowest BCUT2D eigenvalue weighted by molar-refractivity contribution is 0.0925. The molecule has 0 aliphatic heterocycles. The number of carbonyl (C=O) groups is 1. The predicted molar refractivity (Wildman–Crippen MR) is 113 cm³/mol. The molecular formula is C20H26ClN3O3S. The Morgan fingerprint density at radius 1 is 1.04 bits per heavy atom. The highest BCUT2D eigenvalue weighted by atomic mass is 35.5. The van der Waals surface area contributed by atoms with Gasteiger partial charge in [0.25, 0.3) is 15.9 Å². The molecule has 0 spiro atoms. The second-order valence-corrected chi connectivity index (χ2v) is 8.77. The molecule has 28 heavy (non-hydrogen) atoms. The molecule has 0 heterocycles. The quantitative estimate of drug-likeness (QED) is 0.687. The monoisotopic (exact) mass is 423 g/mol. The summed E-state index contributed by atoms with van der Waals surface area (Å²) in [5.74, 6) is -0.261. The van der Waals surface area contributed by atoms with Crippen LogP contribution in [0.5, 0.6) is 0 Å². The second-order valence-electron chi connectivity index (χ2n) is 7.09. The van der Waals surface area contributed by atoms with Crippen LogP contribution in [0, 0.1) is 6.92 Å². The highest BCUT2D eigenvalue weighted by molar-refractivity contribution is 7.92. The van der Waals surface area contributed by atoms with Gasteiger partial charge in [0.1, 0.15) is 0 Å². The molecule has 2 aromatic carbocycles. The minimum atomic E-state index is -3.77. The zero-order valence-corrected chi connectivity index (χ0v) is 17.4. The predicted octanol–water partition coefficient (Wildman–Crippen LogP) is 3.22. The molecule has 1 aliphatic carbocycles. The van der Waals surface area contributed by atoms with Crippen LogP contribution in [0.15, 0.2) is 53.4 Å². The van der Waals surface area contributed by atoms with E-state index in [9.17, 15) is 13.2 Å². The van der Waals surface area contributed by atoms with Gasteiger partial charge in [-0.25, -0.2) is 8.42 Å². The van der Waals surface area contributed by atoms with Crippen molar-refractivity contribution in [3.05, 3.63) is 59.7 Å². The van der Waals surface area contributed by atoms with Crippen molar-refractivity contribution in [2.24, 2.45) is 5.73 Å². The van der Waals surface area contributed by atoms with E-state index in [2.05, 4.69) is 10.0 Å². The van der Waals surface area contributed by atoms with E-state index in [4.69, 9.17) is 5.73 Å². The normalized spacial score (nSPS) is 19.4. The molecule has 0 saturated heterocycles. The standard InChI is InChI=1S/C20H25N3O3S.ClH/c1-14-4-2-6-18(12-14)23-27(25,26)19-7-3-5-15(13-19)20(24)22-17-10-8-16(21)9-11-17;/h2-7,12-13,16-17,23H,8-11,21H2,1H3,(H,22,24);1H. The number of hydrogen-bond donors (Lipinski definition) is 3. The van der Waals surface area contributed by atoms with Crippen molar-refractivity contribution in [2.45, 2.75) is 49.6 Å². The third kappa shape index (κ3) is 5.70. The van der Waals surface area contributed by atoms with Crippen LogP contribution in [0.3, 0.4) is 0 Å². The number of aryl methyl sites for hydroxylation is 1. The molecule has 0 radical (unpaired) electrons. The highest BCUT2D eigenvalue weighted by Crippen LogP contribution is 2.20. The van der Waals surface area contributed by atoms with E-state index < -0.39 is 10.0 Å². The molecule has 1 aliphatic rings. The van der Waals surface area contributed by atoms with E-state index in [1.165, 1.54) is 12.1 Å². The van der Waals surface area contributed by atoms with Gasteiger partial charge in [0, 0.05) is 23.3 Å². The second kappa shape index (κ2) is 9.41. The van der Waals surface area contributed by atoms with Gasteiger partial charge in [-0.05, 0) is 68.5 Å². The fourth-order valence-electron chi connectivity index (χ4n) is 3.26. The maximum atomic E-state index is 12.7. The maximum Gasteiger partial charge on any atom is 0.261 e. The number of halogens is 1. The Kier molecular flexibility index (Phi) is 7.46. The van der Waals surface area contributed by atoms with E-state index in [0.29, 0.717) is 11.3 Å². The fraction of sp³-hybridized carbons (Fsp3) is 0.350. The number of anilines is 1. The van der Waals surface area contributed by atoms with Crippen LogP contribution < -0.4 is 15.8 Å². The summed E-state index contributed by atoms with van der Waals surface area (Å²) in [6.07, 6.45) is 3.47. The summed E-state index contributed by atoms with van der Waals surface area (Å²) in [6, 6.07) is 13.5. The third-order valence-corrected chi connectivity index (χ3v) is 6.16. The molecule has 1 fully saturated rings. The van der Waals surface area contributed by atoms with E-state index in [1.54, 1.807) is 30.3 Å². The smallest absolute Gasteiger partial charge is 0.261 e. The maximum absolute atomic E-state index is 12.7. The van der Waals surface area contributed by atoms with Crippen molar-refractivity contribution in [3.63, 3.8) is 0 Å².